The average Bonchev–Trinajstić information content (AvgIpc) is 2.97. The molecule has 2 heterocycles. The summed E-state index contributed by atoms with van der Waals surface area (Å²) < 4.78 is 16.3. The Morgan fingerprint density at radius 2 is 2.04 bits per heavy atom. The normalized spacial score (nSPS) is 41.6. The van der Waals surface area contributed by atoms with Crippen molar-refractivity contribution in [2.24, 2.45) is 11.8 Å². The molecule has 4 rings (SSSR count). The van der Waals surface area contributed by atoms with Gasteiger partial charge in [0, 0.05) is 24.7 Å². The number of hydrogen-bond donors (Lipinski definition) is 3. The van der Waals surface area contributed by atoms with Crippen molar-refractivity contribution in [2.45, 2.75) is 37.1 Å². The summed E-state index contributed by atoms with van der Waals surface area (Å²) in [4.78, 5) is 12.3. The third-order valence-electron chi connectivity index (χ3n) is 5.03. The Hall–Kier alpha value is -1.67. The first-order valence-corrected chi connectivity index (χ1v) is 7.64. The predicted octanol–water partition coefficient (Wildman–Crippen LogP) is 0.380. The Morgan fingerprint density at radius 3 is 2.78 bits per heavy atom. The van der Waals surface area contributed by atoms with Crippen LogP contribution in [0.25, 0.3) is 0 Å². The Balaban J connectivity index is 1.53. The third-order valence-corrected chi connectivity index (χ3v) is 5.03. The van der Waals surface area contributed by atoms with E-state index in [1.807, 2.05) is 0 Å². The number of carbonyl (C=O) groups excluding carboxylic acids is 1. The molecular weight excluding hydrogens is 304 g/mol. The van der Waals surface area contributed by atoms with Crippen LogP contribution in [0.4, 0.5) is 0 Å². The molecule has 1 saturated carbocycles. The van der Waals surface area contributed by atoms with Crippen molar-refractivity contribution < 1.29 is 34.3 Å². The van der Waals surface area contributed by atoms with E-state index in [4.69, 9.17) is 14.2 Å². The number of esters is 1. The summed E-state index contributed by atoms with van der Waals surface area (Å²) in [6.07, 6.45) is -1.60. The highest BCUT2D eigenvalue weighted by Gasteiger charge is 2.64. The van der Waals surface area contributed by atoms with E-state index < -0.39 is 30.3 Å². The zero-order valence-electron chi connectivity index (χ0n) is 12.3. The van der Waals surface area contributed by atoms with Crippen LogP contribution in [0.3, 0.4) is 0 Å². The van der Waals surface area contributed by atoms with E-state index in [1.54, 1.807) is 0 Å². The molecule has 2 saturated heterocycles. The summed E-state index contributed by atoms with van der Waals surface area (Å²) >= 11 is 0. The number of rotatable bonds is 2. The molecule has 0 spiro atoms. The standard InChI is InChI=1S/C16H18O7/c17-9-3-1-8(2-4-9)14(19)22-11-6-16(20)7-21-15-13(16)10(11)5-12(18)23-15/h1-4,10-13,15,17-18,20H,5-7H2/t10-,11?,12?,13+,15?,16+/m0/s1. The molecule has 3 fully saturated rings. The van der Waals surface area contributed by atoms with Crippen LogP contribution >= 0.6 is 0 Å². The summed E-state index contributed by atoms with van der Waals surface area (Å²) in [6.45, 7) is 0.110. The second-order valence-electron chi connectivity index (χ2n) is 6.49. The number of hydrogen-bond acceptors (Lipinski definition) is 7. The van der Waals surface area contributed by atoms with Gasteiger partial charge in [0.2, 0.25) is 0 Å². The van der Waals surface area contributed by atoms with Gasteiger partial charge in [0.25, 0.3) is 0 Å². The highest BCUT2D eigenvalue weighted by atomic mass is 16.7. The number of phenolic OH excluding ortho intramolecular Hbond substituents is 1. The van der Waals surface area contributed by atoms with Crippen LogP contribution in [0.1, 0.15) is 23.2 Å². The van der Waals surface area contributed by atoms with Crippen LogP contribution in [0.15, 0.2) is 24.3 Å². The van der Waals surface area contributed by atoms with Gasteiger partial charge in [-0.1, -0.05) is 0 Å². The van der Waals surface area contributed by atoms with Gasteiger partial charge in [-0.15, -0.1) is 0 Å². The molecule has 3 unspecified atom stereocenters. The maximum Gasteiger partial charge on any atom is 0.338 e. The van der Waals surface area contributed by atoms with Crippen LogP contribution in [-0.4, -0.2) is 52.2 Å². The predicted molar refractivity (Wildman–Crippen MR) is 75.3 cm³/mol. The molecule has 2 aliphatic heterocycles. The van der Waals surface area contributed by atoms with Gasteiger partial charge in [-0.3, -0.25) is 0 Å². The lowest BCUT2D eigenvalue weighted by molar-refractivity contribution is -0.265. The number of aliphatic hydroxyl groups excluding tert-OH is 1. The fourth-order valence-corrected chi connectivity index (χ4v) is 4.00. The van der Waals surface area contributed by atoms with Gasteiger partial charge in [0.15, 0.2) is 12.6 Å². The Morgan fingerprint density at radius 1 is 1.30 bits per heavy atom. The van der Waals surface area contributed by atoms with Gasteiger partial charge in [-0.05, 0) is 24.3 Å². The monoisotopic (exact) mass is 322 g/mol. The van der Waals surface area contributed by atoms with Crippen molar-refractivity contribution in [3.63, 3.8) is 0 Å². The van der Waals surface area contributed by atoms with Gasteiger partial charge in [-0.2, -0.15) is 0 Å². The molecule has 7 nitrogen and oxygen atoms in total. The highest BCUT2D eigenvalue weighted by molar-refractivity contribution is 5.89. The molecule has 1 aromatic rings. The van der Waals surface area contributed by atoms with E-state index >= 15 is 0 Å². The average molecular weight is 322 g/mol. The first-order valence-electron chi connectivity index (χ1n) is 7.64. The van der Waals surface area contributed by atoms with E-state index in [-0.39, 0.29) is 30.6 Å². The van der Waals surface area contributed by atoms with E-state index in [2.05, 4.69) is 0 Å². The van der Waals surface area contributed by atoms with Gasteiger partial charge in [-0.25, -0.2) is 4.79 Å². The molecule has 0 radical (unpaired) electrons. The third kappa shape index (κ3) is 2.40. The Kier molecular flexibility index (Phi) is 3.35. The molecule has 3 aliphatic rings. The summed E-state index contributed by atoms with van der Waals surface area (Å²) in [6, 6.07) is 5.78. The number of ether oxygens (including phenoxy) is 3. The first-order chi connectivity index (χ1) is 11.0. The first kappa shape index (κ1) is 14.9. The Bertz CT molecular complexity index is 615. The number of aliphatic hydroxyl groups is 2. The van der Waals surface area contributed by atoms with Crippen LogP contribution in [0, 0.1) is 11.8 Å². The maximum atomic E-state index is 12.3. The molecule has 3 N–H and O–H groups in total. The van der Waals surface area contributed by atoms with Gasteiger partial charge >= 0.3 is 5.97 Å². The van der Waals surface area contributed by atoms with Crippen LogP contribution in [0.2, 0.25) is 0 Å². The highest BCUT2D eigenvalue weighted by Crippen LogP contribution is 2.53. The molecule has 124 valence electrons. The molecule has 23 heavy (non-hydrogen) atoms. The fourth-order valence-electron chi connectivity index (χ4n) is 4.00. The van der Waals surface area contributed by atoms with Crippen LogP contribution in [0.5, 0.6) is 5.75 Å². The molecule has 0 amide bonds. The fraction of sp³-hybridized carbons (Fsp3) is 0.562. The minimum atomic E-state index is -1.09. The van der Waals surface area contributed by atoms with Gasteiger partial charge in [0.05, 0.1) is 17.8 Å². The lowest BCUT2D eigenvalue weighted by atomic mass is 9.84. The van der Waals surface area contributed by atoms with Gasteiger partial charge in [0.1, 0.15) is 11.9 Å². The van der Waals surface area contributed by atoms with E-state index in [1.165, 1.54) is 24.3 Å². The van der Waals surface area contributed by atoms with E-state index in [0.29, 0.717) is 12.0 Å². The van der Waals surface area contributed by atoms with Crippen molar-refractivity contribution >= 4 is 5.97 Å². The smallest absolute Gasteiger partial charge is 0.338 e. The number of phenols is 1. The largest absolute Gasteiger partial charge is 0.508 e. The number of carbonyl (C=O) groups is 1. The quantitative estimate of drug-likeness (QED) is 0.676. The zero-order valence-corrected chi connectivity index (χ0v) is 12.3. The minimum Gasteiger partial charge on any atom is -0.508 e. The SMILES string of the molecule is O=C(OC1C[C@@]2(O)COC3OC(O)C[C@@H]1[C@H]32)c1ccc(O)cc1. The van der Waals surface area contributed by atoms with Crippen molar-refractivity contribution in [3.8, 4) is 5.75 Å². The summed E-state index contributed by atoms with van der Waals surface area (Å²) in [7, 11) is 0. The number of benzene rings is 1. The topological polar surface area (TPSA) is 105 Å². The molecule has 1 aliphatic carbocycles. The molecule has 0 bridgehead atoms. The molecule has 6 atom stereocenters. The van der Waals surface area contributed by atoms with Crippen molar-refractivity contribution in [2.75, 3.05) is 6.61 Å². The number of aromatic hydroxyl groups is 1. The summed E-state index contributed by atoms with van der Waals surface area (Å²) in [5.74, 6) is -0.961. The van der Waals surface area contributed by atoms with E-state index in [0.717, 1.165) is 0 Å². The van der Waals surface area contributed by atoms with Crippen molar-refractivity contribution in [1.82, 2.24) is 0 Å². The van der Waals surface area contributed by atoms with Crippen molar-refractivity contribution in [3.05, 3.63) is 29.8 Å². The second kappa shape index (κ2) is 5.17. The van der Waals surface area contributed by atoms with Crippen LogP contribution in [-0.2, 0) is 14.2 Å². The lowest BCUT2D eigenvalue weighted by Crippen LogP contribution is -2.44. The second-order valence-corrected chi connectivity index (χ2v) is 6.49. The van der Waals surface area contributed by atoms with Crippen molar-refractivity contribution in [1.29, 1.82) is 0 Å². The molecular formula is C16H18O7. The molecule has 7 heteroatoms. The Labute approximate surface area is 132 Å². The zero-order chi connectivity index (χ0) is 16.2. The minimum absolute atomic E-state index is 0.0683. The maximum absolute atomic E-state index is 12.3. The lowest BCUT2D eigenvalue weighted by Gasteiger charge is -2.35. The van der Waals surface area contributed by atoms with E-state index in [9.17, 15) is 20.1 Å². The summed E-state index contributed by atoms with van der Waals surface area (Å²) in [5.41, 5.74) is -0.762. The van der Waals surface area contributed by atoms with Crippen LogP contribution < -0.4 is 0 Å². The molecule has 1 aromatic carbocycles. The molecule has 0 aromatic heterocycles. The summed E-state index contributed by atoms with van der Waals surface area (Å²) in [5, 5.41) is 29.8. The van der Waals surface area contributed by atoms with Gasteiger partial charge < -0.3 is 29.5 Å².